The molecule has 0 fully saturated rings. The van der Waals surface area contributed by atoms with Crippen LogP contribution in [0.4, 0.5) is 4.79 Å². The Balaban J connectivity index is 1.41. The molecule has 1 aliphatic carbocycles. The molecule has 2 amide bonds. The molecule has 0 aromatic heterocycles. The van der Waals surface area contributed by atoms with E-state index in [1.807, 2.05) is 30.3 Å². The summed E-state index contributed by atoms with van der Waals surface area (Å²) >= 11 is 6.01. The van der Waals surface area contributed by atoms with Crippen molar-refractivity contribution in [1.29, 1.82) is 0 Å². The highest BCUT2D eigenvalue weighted by molar-refractivity contribution is 6.30. The van der Waals surface area contributed by atoms with E-state index in [1.165, 1.54) is 11.1 Å². The van der Waals surface area contributed by atoms with Crippen LogP contribution in [0.1, 0.15) is 35.6 Å². The van der Waals surface area contributed by atoms with E-state index in [-0.39, 0.29) is 17.8 Å². The van der Waals surface area contributed by atoms with Gasteiger partial charge in [0.2, 0.25) is 0 Å². The number of hydrogen-bond donors (Lipinski definition) is 3. The molecule has 1 aliphatic rings. The van der Waals surface area contributed by atoms with Crippen molar-refractivity contribution in [2.75, 3.05) is 6.54 Å². The van der Waals surface area contributed by atoms with Gasteiger partial charge in [-0.1, -0.05) is 29.8 Å². The van der Waals surface area contributed by atoms with Gasteiger partial charge in [-0.2, -0.15) is 0 Å². The van der Waals surface area contributed by atoms with Crippen LogP contribution in [0, 0.1) is 0 Å². The Morgan fingerprint density at radius 3 is 2.79 bits per heavy atom. The Morgan fingerprint density at radius 1 is 1.21 bits per heavy atom. The van der Waals surface area contributed by atoms with E-state index in [0.717, 1.165) is 36.3 Å². The summed E-state index contributed by atoms with van der Waals surface area (Å²) in [5.41, 5.74) is 3.54. The fourth-order valence-electron chi connectivity index (χ4n) is 3.10. The van der Waals surface area contributed by atoms with Crippen LogP contribution in [0.3, 0.4) is 0 Å². The number of aromatic hydroxyl groups is 1. The van der Waals surface area contributed by atoms with Crippen molar-refractivity contribution < 1.29 is 9.90 Å². The standard InChI is InChI=1S/C19H21ClN2O2/c20-15-6-9-17-14(12-15)5-10-18(17)22-19(24)21-11-1-2-13-3-7-16(23)8-4-13/h3-4,6-9,12,18,23H,1-2,5,10-11H2,(H2,21,22,24). The molecule has 2 aromatic rings. The molecule has 0 saturated heterocycles. The number of nitrogens with one attached hydrogen (secondary N) is 2. The van der Waals surface area contributed by atoms with Crippen LogP contribution >= 0.6 is 11.6 Å². The van der Waals surface area contributed by atoms with E-state index in [4.69, 9.17) is 11.6 Å². The molecule has 0 aliphatic heterocycles. The maximum absolute atomic E-state index is 12.1. The average Bonchev–Trinajstić information content (AvgIpc) is 2.95. The first-order valence-electron chi connectivity index (χ1n) is 8.22. The highest BCUT2D eigenvalue weighted by atomic mass is 35.5. The molecule has 24 heavy (non-hydrogen) atoms. The second-order valence-electron chi connectivity index (χ2n) is 6.10. The summed E-state index contributed by atoms with van der Waals surface area (Å²) in [6.45, 7) is 0.618. The van der Waals surface area contributed by atoms with Gasteiger partial charge in [0.25, 0.3) is 0 Å². The predicted octanol–water partition coefficient (Wildman–Crippen LogP) is 3.96. The number of amides is 2. The van der Waals surface area contributed by atoms with Crippen LogP contribution in [0.25, 0.3) is 0 Å². The normalized spacial score (nSPS) is 15.8. The predicted molar refractivity (Wildman–Crippen MR) is 95.5 cm³/mol. The number of aryl methyl sites for hydroxylation is 2. The molecule has 1 atom stereocenters. The van der Waals surface area contributed by atoms with Gasteiger partial charge in [0.15, 0.2) is 0 Å². The largest absolute Gasteiger partial charge is 0.508 e. The van der Waals surface area contributed by atoms with Gasteiger partial charge in [-0.3, -0.25) is 0 Å². The lowest BCUT2D eigenvalue weighted by Gasteiger charge is -2.15. The molecule has 0 saturated carbocycles. The van der Waals surface area contributed by atoms with Crippen molar-refractivity contribution in [2.24, 2.45) is 0 Å². The van der Waals surface area contributed by atoms with Crippen molar-refractivity contribution >= 4 is 17.6 Å². The van der Waals surface area contributed by atoms with Crippen LogP contribution in [0.2, 0.25) is 5.02 Å². The van der Waals surface area contributed by atoms with Crippen LogP contribution in [-0.4, -0.2) is 17.7 Å². The first-order valence-corrected chi connectivity index (χ1v) is 8.60. The van der Waals surface area contributed by atoms with E-state index in [9.17, 15) is 9.90 Å². The zero-order valence-corrected chi connectivity index (χ0v) is 14.1. The summed E-state index contributed by atoms with van der Waals surface area (Å²) < 4.78 is 0. The maximum atomic E-state index is 12.1. The molecule has 126 valence electrons. The second-order valence-corrected chi connectivity index (χ2v) is 6.54. The van der Waals surface area contributed by atoms with Crippen LogP contribution in [0.15, 0.2) is 42.5 Å². The smallest absolute Gasteiger partial charge is 0.315 e. The van der Waals surface area contributed by atoms with Gasteiger partial charge in [-0.15, -0.1) is 0 Å². The molecular formula is C19H21ClN2O2. The van der Waals surface area contributed by atoms with E-state index < -0.39 is 0 Å². The minimum Gasteiger partial charge on any atom is -0.508 e. The molecule has 0 bridgehead atoms. The summed E-state index contributed by atoms with van der Waals surface area (Å²) in [4.78, 5) is 12.1. The fourth-order valence-corrected chi connectivity index (χ4v) is 3.30. The number of rotatable bonds is 5. The molecule has 1 unspecified atom stereocenters. The van der Waals surface area contributed by atoms with E-state index in [2.05, 4.69) is 10.6 Å². The maximum Gasteiger partial charge on any atom is 0.315 e. The zero-order valence-electron chi connectivity index (χ0n) is 13.4. The lowest BCUT2D eigenvalue weighted by Crippen LogP contribution is -2.37. The highest BCUT2D eigenvalue weighted by Crippen LogP contribution is 2.32. The lowest BCUT2D eigenvalue weighted by atomic mass is 10.1. The summed E-state index contributed by atoms with van der Waals surface area (Å²) in [6, 6.07) is 12.9. The number of halogens is 1. The van der Waals surface area contributed by atoms with E-state index >= 15 is 0 Å². The Labute approximate surface area is 146 Å². The molecule has 3 N–H and O–H groups in total. The molecule has 5 heteroatoms. The number of hydrogen-bond acceptors (Lipinski definition) is 2. The highest BCUT2D eigenvalue weighted by Gasteiger charge is 2.23. The third kappa shape index (κ3) is 4.20. The van der Waals surface area contributed by atoms with E-state index in [1.54, 1.807) is 12.1 Å². The summed E-state index contributed by atoms with van der Waals surface area (Å²) in [6.07, 6.45) is 3.58. The molecular weight excluding hydrogens is 324 g/mol. The number of phenols is 1. The van der Waals surface area contributed by atoms with Gasteiger partial charge < -0.3 is 15.7 Å². The summed E-state index contributed by atoms with van der Waals surface area (Å²) in [5.74, 6) is 0.273. The third-order valence-corrected chi connectivity index (χ3v) is 4.59. The number of phenolic OH excluding ortho intramolecular Hbond substituents is 1. The van der Waals surface area contributed by atoms with Gasteiger partial charge >= 0.3 is 6.03 Å². The number of fused-ring (bicyclic) bond motifs is 1. The third-order valence-electron chi connectivity index (χ3n) is 4.35. The molecule has 0 spiro atoms. The minimum atomic E-state index is -0.131. The summed E-state index contributed by atoms with van der Waals surface area (Å²) in [5, 5.41) is 15.9. The fraction of sp³-hybridized carbons (Fsp3) is 0.316. The monoisotopic (exact) mass is 344 g/mol. The van der Waals surface area contributed by atoms with E-state index in [0.29, 0.717) is 6.54 Å². The van der Waals surface area contributed by atoms with Crippen molar-refractivity contribution in [1.82, 2.24) is 10.6 Å². The van der Waals surface area contributed by atoms with Gasteiger partial charge in [-0.05, 0) is 66.6 Å². The Kier molecular flexibility index (Phi) is 5.26. The molecule has 4 nitrogen and oxygen atoms in total. The molecule has 0 heterocycles. The van der Waals surface area contributed by atoms with Gasteiger partial charge in [-0.25, -0.2) is 4.79 Å². The quantitative estimate of drug-likeness (QED) is 0.719. The summed E-state index contributed by atoms with van der Waals surface area (Å²) in [7, 11) is 0. The number of carbonyl (C=O) groups excluding carboxylic acids is 1. The Morgan fingerprint density at radius 2 is 2.00 bits per heavy atom. The topological polar surface area (TPSA) is 61.4 Å². The van der Waals surface area contributed by atoms with Gasteiger partial charge in [0.05, 0.1) is 6.04 Å². The molecule has 0 radical (unpaired) electrons. The second kappa shape index (κ2) is 7.58. The zero-order chi connectivity index (χ0) is 16.9. The molecule has 3 rings (SSSR count). The van der Waals surface area contributed by atoms with Crippen molar-refractivity contribution in [3.63, 3.8) is 0 Å². The SMILES string of the molecule is O=C(NCCCc1ccc(O)cc1)NC1CCc2cc(Cl)ccc21. The van der Waals surface area contributed by atoms with Crippen LogP contribution in [-0.2, 0) is 12.8 Å². The Hall–Kier alpha value is -2.20. The first kappa shape index (κ1) is 16.7. The van der Waals surface area contributed by atoms with Crippen LogP contribution < -0.4 is 10.6 Å². The number of urea groups is 1. The Bertz CT molecular complexity index is 716. The van der Waals surface area contributed by atoms with Crippen LogP contribution in [0.5, 0.6) is 5.75 Å². The van der Waals surface area contributed by atoms with Gasteiger partial charge in [0, 0.05) is 11.6 Å². The number of carbonyl (C=O) groups is 1. The molecule has 2 aromatic carbocycles. The van der Waals surface area contributed by atoms with Crippen molar-refractivity contribution in [3.8, 4) is 5.75 Å². The van der Waals surface area contributed by atoms with Gasteiger partial charge in [0.1, 0.15) is 5.75 Å². The first-order chi connectivity index (χ1) is 11.6. The van der Waals surface area contributed by atoms with Crippen molar-refractivity contribution in [2.45, 2.75) is 31.7 Å². The lowest BCUT2D eigenvalue weighted by molar-refractivity contribution is 0.237. The average molecular weight is 345 g/mol. The minimum absolute atomic E-state index is 0.0642. The number of benzene rings is 2. The van der Waals surface area contributed by atoms with Crippen molar-refractivity contribution in [3.05, 3.63) is 64.2 Å².